The predicted octanol–water partition coefficient (Wildman–Crippen LogP) is 3.82. The Hall–Kier alpha value is -3.45. The van der Waals surface area contributed by atoms with E-state index in [0.717, 1.165) is 22.0 Å². The number of aromatic amines is 1. The molecule has 0 saturated heterocycles. The number of nitrogens with one attached hydrogen (secondary N) is 2. The molecule has 4 rings (SSSR count). The number of hydrogen-bond acceptors (Lipinski definition) is 5. The van der Waals surface area contributed by atoms with Crippen LogP contribution in [-0.2, 0) is 4.79 Å². The smallest absolute Gasteiger partial charge is 0.277 e. The van der Waals surface area contributed by atoms with Crippen molar-refractivity contribution in [2.24, 2.45) is 5.10 Å². The first-order valence-electron chi connectivity index (χ1n) is 8.29. The molecule has 0 atom stereocenters. The third-order valence-electron chi connectivity index (χ3n) is 3.91. The van der Waals surface area contributed by atoms with E-state index in [1.54, 1.807) is 35.9 Å². The molecule has 7 heteroatoms. The van der Waals surface area contributed by atoms with Crippen molar-refractivity contribution in [1.29, 1.82) is 0 Å². The quantitative estimate of drug-likeness (QED) is 0.397. The van der Waals surface area contributed by atoms with Gasteiger partial charge in [0, 0.05) is 28.9 Å². The molecule has 0 spiro atoms. The van der Waals surface area contributed by atoms with Crippen LogP contribution in [0, 0.1) is 0 Å². The Morgan fingerprint density at radius 3 is 3.15 bits per heavy atom. The lowest BCUT2D eigenvalue weighted by Crippen LogP contribution is -2.24. The van der Waals surface area contributed by atoms with Gasteiger partial charge in [-0.05, 0) is 46.7 Å². The summed E-state index contributed by atoms with van der Waals surface area (Å²) < 4.78 is 5.62. The molecule has 27 heavy (non-hydrogen) atoms. The number of benzene rings is 1. The fourth-order valence-electron chi connectivity index (χ4n) is 2.62. The molecule has 4 aromatic rings. The third-order valence-corrected chi connectivity index (χ3v) is 4.59. The van der Waals surface area contributed by atoms with E-state index in [-0.39, 0.29) is 12.5 Å². The summed E-state index contributed by atoms with van der Waals surface area (Å²) in [6.07, 6.45) is 5.18. The first kappa shape index (κ1) is 17.0. The Balaban J connectivity index is 1.35. The molecule has 0 aliphatic rings. The number of nitrogens with zero attached hydrogens (tertiary/aromatic N) is 2. The maximum Gasteiger partial charge on any atom is 0.277 e. The van der Waals surface area contributed by atoms with E-state index < -0.39 is 0 Å². The molecule has 0 saturated carbocycles. The van der Waals surface area contributed by atoms with Gasteiger partial charge in [0.05, 0.1) is 6.21 Å². The Kier molecular flexibility index (Phi) is 4.93. The molecule has 1 aromatic carbocycles. The number of aromatic nitrogens is 2. The van der Waals surface area contributed by atoms with Crippen LogP contribution in [0.25, 0.3) is 22.2 Å². The summed E-state index contributed by atoms with van der Waals surface area (Å²) in [5, 5.41) is 9.07. The molecule has 3 aromatic heterocycles. The van der Waals surface area contributed by atoms with E-state index in [2.05, 4.69) is 20.5 Å². The molecule has 134 valence electrons. The summed E-state index contributed by atoms with van der Waals surface area (Å²) >= 11 is 1.58. The summed E-state index contributed by atoms with van der Waals surface area (Å²) in [5.41, 5.74) is 6.06. The molecule has 0 aliphatic heterocycles. The normalized spacial score (nSPS) is 11.1. The second-order valence-corrected chi connectivity index (χ2v) is 6.55. The largest absolute Gasteiger partial charge is 0.481 e. The van der Waals surface area contributed by atoms with Crippen LogP contribution in [0.3, 0.4) is 0 Å². The number of hydrazone groups is 1. The van der Waals surface area contributed by atoms with Gasteiger partial charge in [0.1, 0.15) is 11.4 Å². The number of hydrogen-bond donors (Lipinski definition) is 2. The third kappa shape index (κ3) is 4.04. The van der Waals surface area contributed by atoms with Crippen molar-refractivity contribution >= 4 is 34.4 Å². The number of fused-ring (bicyclic) bond motifs is 1. The minimum Gasteiger partial charge on any atom is -0.481 e. The van der Waals surface area contributed by atoms with E-state index in [9.17, 15) is 4.79 Å². The fraction of sp³-hybridized carbons (Fsp3) is 0.0500. The van der Waals surface area contributed by atoms with Crippen molar-refractivity contribution in [3.05, 3.63) is 71.2 Å². The van der Waals surface area contributed by atoms with Crippen LogP contribution in [-0.4, -0.2) is 28.7 Å². The van der Waals surface area contributed by atoms with E-state index in [0.29, 0.717) is 11.4 Å². The average Bonchev–Trinajstić information content (AvgIpc) is 3.38. The van der Waals surface area contributed by atoms with E-state index in [1.165, 1.54) is 0 Å². The highest BCUT2D eigenvalue weighted by atomic mass is 32.1. The van der Waals surface area contributed by atoms with Crippen LogP contribution in [0.1, 0.15) is 5.56 Å². The topological polar surface area (TPSA) is 79.4 Å². The van der Waals surface area contributed by atoms with Crippen molar-refractivity contribution in [3.8, 4) is 17.0 Å². The van der Waals surface area contributed by atoms with Crippen LogP contribution in [0.2, 0.25) is 0 Å². The van der Waals surface area contributed by atoms with Gasteiger partial charge in [-0.1, -0.05) is 12.1 Å². The van der Waals surface area contributed by atoms with Crippen LogP contribution in [0.5, 0.6) is 5.75 Å². The zero-order valence-electron chi connectivity index (χ0n) is 14.3. The molecule has 0 aliphatic carbocycles. The van der Waals surface area contributed by atoms with E-state index >= 15 is 0 Å². The van der Waals surface area contributed by atoms with E-state index in [4.69, 9.17) is 4.74 Å². The molecule has 6 nitrogen and oxygen atoms in total. The van der Waals surface area contributed by atoms with Crippen molar-refractivity contribution in [2.45, 2.75) is 0 Å². The Labute approximate surface area is 159 Å². The highest BCUT2D eigenvalue weighted by Gasteiger charge is 2.09. The van der Waals surface area contributed by atoms with Crippen molar-refractivity contribution < 1.29 is 9.53 Å². The lowest BCUT2D eigenvalue weighted by Gasteiger charge is -2.08. The maximum atomic E-state index is 12.0. The van der Waals surface area contributed by atoms with Crippen LogP contribution >= 0.6 is 11.3 Å². The molecular formula is C20H16N4O2S. The van der Waals surface area contributed by atoms with Gasteiger partial charge in [-0.25, -0.2) is 5.43 Å². The highest BCUT2D eigenvalue weighted by Crippen LogP contribution is 2.28. The van der Waals surface area contributed by atoms with Crippen LogP contribution in [0.4, 0.5) is 0 Å². The standard InChI is InChI=1S/C20H16N4O2S/c25-19(24-23-11-14-3-4-15-5-8-21-17(15)10-14)12-26-18-2-1-7-22-20(18)16-6-9-27-13-16/h1-11,13,21H,12H2,(H,24,25). The van der Waals surface area contributed by atoms with E-state index in [1.807, 2.05) is 47.3 Å². The number of H-pyrrole nitrogens is 1. The van der Waals surface area contributed by atoms with Gasteiger partial charge in [0.15, 0.2) is 6.61 Å². The predicted molar refractivity (Wildman–Crippen MR) is 107 cm³/mol. The molecule has 3 heterocycles. The first-order valence-corrected chi connectivity index (χ1v) is 9.23. The second kappa shape index (κ2) is 7.84. The number of carbonyl (C=O) groups excluding carboxylic acids is 1. The van der Waals surface area contributed by atoms with Gasteiger partial charge in [-0.3, -0.25) is 9.78 Å². The van der Waals surface area contributed by atoms with Crippen LogP contribution < -0.4 is 10.2 Å². The van der Waals surface area contributed by atoms with Crippen molar-refractivity contribution in [1.82, 2.24) is 15.4 Å². The zero-order valence-corrected chi connectivity index (χ0v) is 15.1. The molecule has 0 radical (unpaired) electrons. The average molecular weight is 376 g/mol. The molecule has 2 N–H and O–H groups in total. The number of carbonyl (C=O) groups is 1. The van der Waals surface area contributed by atoms with Crippen molar-refractivity contribution in [3.63, 3.8) is 0 Å². The lowest BCUT2D eigenvalue weighted by molar-refractivity contribution is -0.123. The first-order chi connectivity index (χ1) is 13.3. The summed E-state index contributed by atoms with van der Waals surface area (Å²) in [6, 6.07) is 13.4. The van der Waals surface area contributed by atoms with Crippen molar-refractivity contribution in [2.75, 3.05) is 6.61 Å². The van der Waals surface area contributed by atoms with Gasteiger partial charge in [-0.2, -0.15) is 16.4 Å². The lowest BCUT2D eigenvalue weighted by atomic mass is 10.2. The minimum atomic E-state index is -0.340. The monoisotopic (exact) mass is 376 g/mol. The number of rotatable bonds is 6. The maximum absolute atomic E-state index is 12.0. The summed E-state index contributed by atoms with van der Waals surface area (Å²) in [7, 11) is 0. The molecule has 1 amide bonds. The number of thiophene rings is 1. The number of ether oxygens (including phenoxy) is 1. The SMILES string of the molecule is O=C(COc1cccnc1-c1ccsc1)NN=Cc1ccc2cc[nH]c2c1. The Morgan fingerprint density at radius 2 is 2.26 bits per heavy atom. The summed E-state index contributed by atoms with van der Waals surface area (Å²) in [5.74, 6) is 0.222. The minimum absolute atomic E-state index is 0.143. The van der Waals surface area contributed by atoms with Gasteiger partial charge in [-0.15, -0.1) is 0 Å². The van der Waals surface area contributed by atoms with Crippen LogP contribution in [0.15, 0.2) is 70.7 Å². The molecule has 0 bridgehead atoms. The Bertz CT molecular complexity index is 1090. The van der Waals surface area contributed by atoms with Gasteiger partial charge >= 0.3 is 0 Å². The number of amides is 1. The van der Waals surface area contributed by atoms with Gasteiger partial charge in [0.2, 0.25) is 0 Å². The van der Waals surface area contributed by atoms with Gasteiger partial charge < -0.3 is 9.72 Å². The van der Waals surface area contributed by atoms with Gasteiger partial charge in [0.25, 0.3) is 5.91 Å². The zero-order chi connectivity index (χ0) is 18.5. The molecular weight excluding hydrogens is 360 g/mol. The molecule has 0 fully saturated rings. The fourth-order valence-corrected chi connectivity index (χ4v) is 3.26. The highest BCUT2D eigenvalue weighted by molar-refractivity contribution is 7.08. The second-order valence-electron chi connectivity index (χ2n) is 5.77. The number of pyridine rings is 1. The summed E-state index contributed by atoms with van der Waals surface area (Å²) in [6.45, 7) is -0.143. The molecule has 0 unspecified atom stereocenters. The Morgan fingerprint density at radius 1 is 1.30 bits per heavy atom. The summed E-state index contributed by atoms with van der Waals surface area (Å²) in [4.78, 5) is 19.5.